The zero-order valence-corrected chi connectivity index (χ0v) is 19.8. The lowest BCUT2D eigenvalue weighted by Crippen LogP contribution is -2.46. The van der Waals surface area contributed by atoms with Crippen molar-refractivity contribution in [3.8, 4) is 0 Å². The van der Waals surface area contributed by atoms with Crippen molar-refractivity contribution in [1.29, 1.82) is 0 Å². The predicted octanol–water partition coefficient (Wildman–Crippen LogP) is 2.23. The molecule has 10 nitrogen and oxygen atoms in total. The van der Waals surface area contributed by atoms with Crippen LogP contribution in [-0.2, 0) is 19.3 Å². The molecule has 2 aliphatic heterocycles. The lowest BCUT2D eigenvalue weighted by Gasteiger charge is -2.29. The Bertz CT molecular complexity index is 1350. The van der Waals surface area contributed by atoms with Crippen LogP contribution in [0.2, 0.25) is 0 Å². The van der Waals surface area contributed by atoms with Crippen LogP contribution in [-0.4, -0.2) is 75.9 Å². The second kappa shape index (κ2) is 9.78. The molecule has 11 heteroatoms. The summed E-state index contributed by atoms with van der Waals surface area (Å²) in [5, 5.41) is 15.4. The average molecular weight is 499 g/mol. The first kappa shape index (κ1) is 23.5. The molecule has 1 aromatic heterocycles. The normalized spacial score (nSPS) is 19.0. The minimum absolute atomic E-state index is 0.0304. The van der Waals surface area contributed by atoms with Crippen LogP contribution in [0.1, 0.15) is 10.4 Å². The van der Waals surface area contributed by atoms with Crippen LogP contribution < -0.4 is 15.5 Å². The number of aromatic carboxylic acids is 1. The molecule has 3 heterocycles. The second-order valence-electron chi connectivity index (χ2n) is 8.35. The third kappa shape index (κ3) is 4.80. The molecule has 0 spiro atoms. The van der Waals surface area contributed by atoms with Gasteiger partial charge in [0.25, 0.3) is 0 Å². The minimum Gasteiger partial charge on any atom is -0.478 e. The summed E-state index contributed by atoms with van der Waals surface area (Å²) in [6.45, 7) is 3.63. The maximum absolute atomic E-state index is 13.4. The molecule has 1 atom stereocenters. The van der Waals surface area contributed by atoms with Gasteiger partial charge in [-0.15, -0.1) is 0 Å². The van der Waals surface area contributed by atoms with Crippen molar-refractivity contribution in [2.45, 2.75) is 10.4 Å². The fraction of sp³-hybridized carbons (Fsp3) is 0.333. The Morgan fingerprint density at radius 3 is 2.60 bits per heavy atom. The SMILES string of the molecule is O=C(O)c1ccccc1Nc1cc(S(=O)(=O)C2COCCN2)nc2ccc(N3CCOCC3)cc12. The van der Waals surface area contributed by atoms with Gasteiger partial charge in [0.15, 0.2) is 5.03 Å². The molecule has 0 bridgehead atoms. The van der Waals surface area contributed by atoms with Crippen LogP contribution in [0.4, 0.5) is 17.1 Å². The van der Waals surface area contributed by atoms with Gasteiger partial charge in [-0.25, -0.2) is 18.2 Å². The van der Waals surface area contributed by atoms with Crippen molar-refractivity contribution in [1.82, 2.24) is 10.3 Å². The number of rotatable bonds is 6. The maximum atomic E-state index is 13.4. The van der Waals surface area contributed by atoms with E-state index in [0.717, 1.165) is 18.8 Å². The summed E-state index contributed by atoms with van der Waals surface area (Å²) >= 11 is 0. The number of fused-ring (bicyclic) bond motifs is 1. The van der Waals surface area contributed by atoms with Crippen LogP contribution in [0.25, 0.3) is 10.9 Å². The van der Waals surface area contributed by atoms with E-state index in [-0.39, 0.29) is 17.2 Å². The van der Waals surface area contributed by atoms with Crippen LogP contribution >= 0.6 is 0 Å². The van der Waals surface area contributed by atoms with E-state index in [1.54, 1.807) is 24.3 Å². The van der Waals surface area contributed by atoms with Crippen molar-refractivity contribution >= 4 is 43.8 Å². The number of nitrogens with one attached hydrogen (secondary N) is 2. The second-order valence-corrected chi connectivity index (χ2v) is 10.4. The third-order valence-corrected chi connectivity index (χ3v) is 7.97. The number of hydrogen-bond donors (Lipinski definition) is 3. The molecule has 2 aromatic carbocycles. The van der Waals surface area contributed by atoms with Gasteiger partial charge in [0.05, 0.1) is 48.9 Å². The molecular weight excluding hydrogens is 472 g/mol. The van der Waals surface area contributed by atoms with Gasteiger partial charge < -0.3 is 24.8 Å². The van der Waals surface area contributed by atoms with Gasteiger partial charge in [0.1, 0.15) is 5.37 Å². The van der Waals surface area contributed by atoms with E-state index < -0.39 is 21.2 Å². The molecule has 0 saturated carbocycles. The van der Waals surface area contributed by atoms with Gasteiger partial charge >= 0.3 is 5.97 Å². The standard InChI is InChI=1S/C24H26N4O6S/c29-24(30)17-3-1-2-4-19(17)26-21-14-22(35(31,32)23-15-34-10-7-25-23)27-20-6-5-16(13-18(20)21)28-8-11-33-12-9-28/h1-6,13-14,23,25H,7-12,15H2,(H,26,27)(H,29,30). The molecule has 35 heavy (non-hydrogen) atoms. The van der Waals surface area contributed by atoms with E-state index in [9.17, 15) is 18.3 Å². The third-order valence-electron chi connectivity index (χ3n) is 6.13. The highest BCUT2D eigenvalue weighted by molar-refractivity contribution is 7.92. The number of hydrogen-bond acceptors (Lipinski definition) is 9. The highest BCUT2D eigenvalue weighted by Gasteiger charge is 2.31. The van der Waals surface area contributed by atoms with Crippen molar-refractivity contribution < 1.29 is 27.8 Å². The first-order valence-electron chi connectivity index (χ1n) is 11.4. The zero-order chi connectivity index (χ0) is 24.4. The number of benzene rings is 2. The molecule has 3 N–H and O–H groups in total. The van der Waals surface area contributed by atoms with E-state index in [1.807, 2.05) is 12.1 Å². The number of pyridine rings is 1. The Labute approximate surface area is 202 Å². The van der Waals surface area contributed by atoms with Crippen LogP contribution in [0.15, 0.2) is 53.6 Å². The Hall–Kier alpha value is -3.25. The fourth-order valence-electron chi connectivity index (χ4n) is 4.27. The first-order valence-corrected chi connectivity index (χ1v) is 12.9. The smallest absolute Gasteiger partial charge is 0.337 e. The summed E-state index contributed by atoms with van der Waals surface area (Å²) in [5.74, 6) is -1.09. The number of sulfone groups is 1. The molecule has 2 saturated heterocycles. The number of carboxylic acids is 1. The van der Waals surface area contributed by atoms with Gasteiger partial charge in [-0.3, -0.25) is 5.32 Å². The number of carboxylic acid groups (broad SMARTS) is 1. The van der Waals surface area contributed by atoms with Gasteiger partial charge in [-0.05, 0) is 36.4 Å². The molecular formula is C24H26N4O6S. The summed E-state index contributed by atoms with van der Waals surface area (Å²) in [6.07, 6.45) is 0. The minimum atomic E-state index is -3.86. The number of morpholine rings is 2. The molecule has 2 aliphatic rings. The van der Waals surface area contributed by atoms with Crippen LogP contribution in [0, 0.1) is 0 Å². The Morgan fingerprint density at radius 1 is 1.06 bits per heavy atom. The largest absolute Gasteiger partial charge is 0.478 e. The lowest BCUT2D eigenvalue weighted by atomic mass is 10.1. The molecule has 184 valence electrons. The van der Waals surface area contributed by atoms with E-state index in [0.29, 0.717) is 48.6 Å². The van der Waals surface area contributed by atoms with Gasteiger partial charge in [0, 0.05) is 30.7 Å². The number of nitrogens with zero attached hydrogens (tertiary/aromatic N) is 2. The monoisotopic (exact) mass is 498 g/mol. The number of ether oxygens (including phenoxy) is 2. The van der Waals surface area contributed by atoms with Crippen LogP contribution in [0.5, 0.6) is 0 Å². The summed E-state index contributed by atoms with van der Waals surface area (Å²) in [4.78, 5) is 18.5. The van der Waals surface area contributed by atoms with E-state index >= 15 is 0 Å². The first-order chi connectivity index (χ1) is 16.9. The van der Waals surface area contributed by atoms with Crippen molar-refractivity contribution in [3.63, 3.8) is 0 Å². The predicted molar refractivity (Wildman–Crippen MR) is 131 cm³/mol. The fourth-order valence-corrected chi connectivity index (χ4v) is 5.68. The Balaban J connectivity index is 1.63. The summed E-state index contributed by atoms with van der Waals surface area (Å²) in [6, 6.07) is 13.6. The maximum Gasteiger partial charge on any atom is 0.337 e. The number of carbonyl (C=O) groups is 1. The number of para-hydroxylation sites is 1. The number of anilines is 3. The van der Waals surface area contributed by atoms with Crippen molar-refractivity contribution in [2.24, 2.45) is 0 Å². The molecule has 2 fully saturated rings. The molecule has 3 aromatic rings. The highest BCUT2D eigenvalue weighted by Crippen LogP contribution is 2.33. The topological polar surface area (TPSA) is 130 Å². The molecule has 5 rings (SSSR count). The zero-order valence-electron chi connectivity index (χ0n) is 18.9. The van der Waals surface area contributed by atoms with E-state index in [1.165, 1.54) is 12.1 Å². The summed E-state index contributed by atoms with van der Waals surface area (Å²) in [5.41, 5.74) is 2.32. The quantitative estimate of drug-likeness (QED) is 0.465. The van der Waals surface area contributed by atoms with Gasteiger partial charge in [-0.2, -0.15) is 0 Å². The van der Waals surface area contributed by atoms with Crippen LogP contribution in [0.3, 0.4) is 0 Å². The van der Waals surface area contributed by atoms with Crippen molar-refractivity contribution in [2.75, 3.05) is 56.3 Å². The van der Waals surface area contributed by atoms with Gasteiger partial charge in [0.2, 0.25) is 9.84 Å². The Kier molecular flexibility index (Phi) is 6.56. The highest BCUT2D eigenvalue weighted by atomic mass is 32.2. The summed E-state index contributed by atoms with van der Waals surface area (Å²) in [7, 11) is -3.86. The molecule has 0 amide bonds. The van der Waals surface area contributed by atoms with E-state index in [4.69, 9.17) is 9.47 Å². The van der Waals surface area contributed by atoms with E-state index in [2.05, 4.69) is 20.5 Å². The molecule has 1 unspecified atom stereocenters. The Morgan fingerprint density at radius 2 is 1.86 bits per heavy atom. The molecule has 0 aliphatic carbocycles. The molecule has 0 radical (unpaired) electrons. The van der Waals surface area contributed by atoms with Crippen molar-refractivity contribution in [3.05, 3.63) is 54.1 Å². The van der Waals surface area contributed by atoms with Gasteiger partial charge in [-0.1, -0.05) is 12.1 Å². The lowest BCUT2D eigenvalue weighted by molar-refractivity contribution is 0.0698. The number of aromatic nitrogens is 1. The average Bonchev–Trinajstić information content (AvgIpc) is 2.89. The summed E-state index contributed by atoms with van der Waals surface area (Å²) < 4.78 is 37.6.